The molecule has 0 saturated carbocycles. The average molecular weight is 256 g/mol. The molecule has 1 atom stereocenters. The van der Waals surface area contributed by atoms with Crippen molar-refractivity contribution in [1.82, 2.24) is 10.2 Å². The molecule has 3 heteroatoms. The van der Waals surface area contributed by atoms with Gasteiger partial charge in [0.05, 0.1) is 0 Å². The molecule has 2 heterocycles. The lowest BCUT2D eigenvalue weighted by molar-refractivity contribution is 0.181. The Bertz CT molecular complexity index is 208. The van der Waals surface area contributed by atoms with E-state index in [2.05, 4.69) is 35.8 Å². The molecule has 0 aromatic carbocycles. The first-order chi connectivity index (χ1) is 8.27. The van der Waals surface area contributed by atoms with Crippen LogP contribution in [-0.2, 0) is 0 Å². The first kappa shape index (κ1) is 13.7. The van der Waals surface area contributed by atoms with Gasteiger partial charge in [-0.25, -0.2) is 0 Å². The Morgan fingerprint density at radius 3 is 2.41 bits per heavy atom. The van der Waals surface area contributed by atoms with Gasteiger partial charge in [0.2, 0.25) is 0 Å². The fourth-order valence-corrected chi connectivity index (χ4v) is 4.16. The molecule has 0 aromatic rings. The molecule has 0 amide bonds. The summed E-state index contributed by atoms with van der Waals surface area (Å²) in [6.45, 7) is 8.60. The molecule has 2 rings (SSSR count). The van der Waals surface area contributed by atoms with E-state index >= 15 is 0 Å². The second-order valence-electron chi connectivity index (χ2n) is 5.85. The molecule has 1 unspecified atom stereocenters. The van der Waals surface area contributed by atoms with Crippen LogP contribution in [0.2, 0.25) is 0 Å². The number of nitrogens with zero attached hydrogens (tertiary/aromatic N) is 1. The van der Waals surface area contributed by atoms with Crippen molar-refractivity contribution in [1.29, 1.82) is 0 Å². The molecule has 17 heavy (non-hydrogen) atoms. The zero-order valence-corrected chi connectivity index (χ0v) is 12.3. The quantitative estimate of drug-likeness (QED) is 0.814. The Balaban J connectivity index is 1.76. The minimum absolute atomic E-state index is 0.757. The van der Waals surface area contributed by atoms with Crippen molar-refractivity contribution in [3.8, 4) is 0 Å². The number of thioether (sulfide) groups is 1. The Morgan fingerprint density at radius 1 is 1.18 bits per heavy atom. The maximum atomic E-state index is 3.82. The predicted molar refractivity (Wildman–Crippen MR) is 77.8 cm³/mol. The summed E-state index contributed by atoms with van der Waals surface area (Å²) < 4.78 is 0. The van der Waals surface area contributed by atoms with Crippen molar-refractivity contribution in [3.63, 3.8) is 0 Å². The normalized spacial score (nSPS) is 25.6. The van der Waals surface area contributed by atoms with Gasteiger partial charge in [-0.1, -0.05) is 13.8 Å². The predicted octanol–water partition coefficient (Wildman–Crippen LogP) is 2.59. The molecule has 0 aromatic heterocycles. The lowest BCUT2D eigenvalue weighted by Crippen LogP contribution is -2.47. The summed E-state index contributed by atoms with van der Waals surface area (Å²) in [5.41, 5.74) is 0. The minimum Gasteiger partial charge on any atom is -0.312 e. The van der Waals surface area contributed by atoms with E-state index in [9.17, 15) is 0 Å². The molecular formula is C14H28N2S. The van der Waals surface area contributed by atoms with Crippen LogP contribution >= 0.6 is 11.8 Å². The molecule has 0 radical (unpaired) electrons. The Morgan fingerprint density at radius 2 is 1.82 bits per heavy atom. The van der Waals surface area contributed by atoms with Gasteiger partial charge in [-0.15, -0.1) is 0 Å². The van der Waals surface area contributed by atoms with E-state index in [-0.39, 0.29) is 0 Å². The molecule has 2 saturated heterocycles. The third-order valence-electron chi connectivity index (χ3n) is 4.22. The molecule has 0 aliphatic carbocycles. The van der Waals surface area contributed by atoms with Gasteiger partial charge in [-0.3, -0.25) is 4.90 Å². The van der Waals surface area contributed by atoms with Crippen LogP contribution in [0, 0.1) is 5.92 Å². The van der Waals surface area contributed by atoms with Crippen LogP contribution in [0.5, 0.6) is 0 Å². The minimum atomic E-state index is 0.757. The average Bonchev–Trinajstić information content (AvgIpc) is 2.84. The lowest BCUT2D eigenvalue weighted by Gasteiger charge is -2.33. The summed E-state index contributed by atoms with van der Waals surface area (Å²) in [5, 5.41) is 3.82. The maximum Gasteiger partial charge on any atom is 0.0243 e. The Kier molecular flexibility index (Phi) is 5.64. The highest BCUT2D eigenvalue weighted by molar-refractivity contribution is 7.99. The topological polar surface area (TPSA) is 15.3 Å². The van der Waals surface area contributed by atoms with Gasteiger partial charge in [-0.05, 0) is 56.2 Å². The Hall–Kier alpha value is 0.270. The summed E-state index contributed by atoms with van der Waals surface area (Å²) in [4.78, 5) is 2.70. The molecule has 0 bridgehead atoms. The SMILES string of the molecule is CC(C)C(CNC1CCSCC1)N1CCCC1. The highest BCUT2D eigenvalue weighted by Crippen LogP contribution is 2.20. The summed E-state index contributed by atoms with van der Waals surface area (Å²) in [6, 6.07) is 1.55. The first-order valence-corrected chi connectivity index (χ1v) is 8.48. The number of nitrogens with one attached hydrogen (secondary N) is 1. The van der Waals surface area contributed by atoms with Gasteiger partial charge in [0.15, 0.2) is 0 Å². The van der Waals surface area contributed by atoms with Crippen molar-refractivity contribution in [2.75, 3.05) is 31.1 Å². The van der Waals surface area contributed by atoms with Gasteiger partial charge in [0.25, 0.3) is 0 Å². The molecule has 2 fully saturated rings. The Labute approximate surface area is 111 Å². The molecule has 2 nitrogen and oxygen atoms in total. The smallest absolute Gasteiger partial charge is 0.0243 e. The number of hydrogen-bond donors (Lipinski definition) is 1. The highest BCUT2D eigenvalue weighted by Gasteiger charge is 2.25. The van der Waals surface area contributed by atoms with Crippen LogP contribution in [0.25, 0.3) is 0 Å². The summed E-state index contributed by atoms with van der Waals surface area (Å²) >= 11 is 2.11. The zero-order chi connectivity index (χ0) is 12.1. The third kappa shape index (κ3) is 4.15. The van der Waals surface area contributed by atoms with Crippen LogP contribution in [0.4, 0.5) is 0 Å². The van der Waals surface area contributed by atoms with Gasteiger partial charge < -0.3 is 5.32 Å². The largest absolute Gasteiger partial charge is 0.312 e. The number of hydrogen-bond acceptors (Lipinski definition) is 3. The first-order valence-electron chi connectivity index (χ1n) is 7.32. The van der Waals surface area contributed by atoms with Crippen LogP contribution in [0.1, 0.15) is 39.5 Å². The van der Waals surface area contributed by atoms with E-state index < -0.39 is 0 Å². The van der Waals surface area contributed by atoms with E-state index in [1.54, 1.807) is 0 Å². The maximum absolute atomic E-state index is 3.82. The third-order valence-corrected chi connectivity index (χ3v) is 5.26. The lowest BCUT2D eigenvalue weighted by atomic mass is 10.0. The monoisotopic (exact) mass is 256 g/mol. The highest BCUT2D eigenvalue weighted by atomic mass is 32.2. The van der Waals surface area contributed by atoms with E-state index in [1.165, 1.54) is 56.8 Å². The van der Waals surface area contributed by atoms with Gasteiger partial charge in [0, 0.05) is 18.6 Å². The second-order valence-corrected chi connectivity index (χ2v) is 7.07. The second kappa shape index (κ2) is 7.01. The molecule has 2 aliphatic rings. The van der Waals surface area contributed by atoms with Crippen molar-refractivity contribution < 1.29 is 0 Å². The van der Waals surface area contributed by atoms with Crippen molar-refractivity contribution in [2.24, 2.45) is 5.92 Å². The molecule has 0 spiro atoms. The molecule has 2 aliphatic heterocycles. The van der Waals surface area contributed by atoms with Crippen LogP contribution in [-0.4, -0.2) is 48.1 Å². The summed E-state index contributed by atoms with van der Waals surface area (Å²) in [6.07, 6.45) is 5.55. The standard InChI is InChI=1S/C14H28N2S/c1-12(2)14(16-7-3-4-8-16)11-15-13-5-9-17-10-6-13/h12-15H,3-11H2,1-2H3. The van der Waals surface area contributed by atoms with E-state index in [4.69, 9.17) is 0 Å². The van der Waals surface area contributed by atoms with E-state index in [0.29, 0.717) is 0 Å². The van der Waals surface area contributed by atoms with Gasteiger partial charge in [-0.2, -0.15) is 11.8 Å². The summed E-state index contributed by atoms with van der Waals surface area (Å²) in [7, 11) is 0. The van der Waals surface area contributed by atoms with E-state index in [0.717, 1.165) is 18.0 Å². The molecule has 1 N–H and O–H groups in total. The fraction of sp³-hybridized carbons (Fsp3) is 1.00. The van der Waals surface area contributed by atoms with Crippen LogP contribution in [0.15, 0.2) is 0 Å². The van der Waals surface area contributed by atoms with Crippen LogP contribution < -0.4 is 5.32 Å². The van der Waals surface area contributed by atoms with Gasteiger partial charge >= 0.3 is 0 Å². The van der Waals surface area contributed by atoms with Crippen molar-refractivity contribution in [3.05, 3.63) is 0 Å². The molecular weight excluding hydrogens is 228 g/mol. The number of rotatable bonds is 5. The van der Waals surface area contributed by atoms with Crippen molar-refractivity contribution >= 4 is 11.8 Å². The van der Waals surface area contributed by atoms with Crippen molar-refractivity contribution in [2.45, 2.75) is 51.6 Å². The fourth-order valence-electron chi connectivity index (χ4n) is 3.05. The zero-order valence-electron chi connectivity index (χ0n) is 11.5. The van der Waals surface area contributed by atoms with Gasteiger partial charge in [0.1, 0.15) is 0 Å². The number of likely N-dealkylation sites (tertiary alicyclic amines) is 1. The van der Waals surface area contributed by atoms with E-state index in [1.807, 2.05) is 0 Å². The molecule has 100 valence electrons. The van der Waals surface area contributed by atoms with Crippen LogP contribution in [0.3, 0.4) is 0 Å². The summed E-state index contributed by atoms with van der Waals surface area (Å²) in [5.74, 6) is 3.49.